The fourth-order valence-electron chi connectivity index (χ4n) is 2.00. The summed E-state index contributed by atoms with van der Waals surface area (Å²) < 4.78 is 0. The van der Waals surface area contributed by atoms with Crippen LogP contribution >= 0.6 is 0 Å². The Labute approximate surface area is 120 Å². The summed E-state index contributed by atoms with van der Waals surface area (Å²) >= 11 is 0. The predicted octanol–water partition coefficient (Wildman–Crippen LogP) is 4.67. The van der Waals surface area contributed by atoms with Gasteiger partial charge in [-0.2, -0.15) is 29.8 Å². The van der Waals surface area contributed by atoms with Gasteiger partial charge in [0.1, 0.15) is 0 Å². The molecule has 17 heavy (non-hydrogen) atoms. The molecule has 0 fully saturated rings. The van der Waals surface area contributed by atoms with Crippen molar-refractivity contribution in [1.82, 2.24) is 0 Å². The molecule has 0 aromatic heterocycles. The van der Waals surface area contributed by atoms with Crippen LogP contribution in [0.4, 0.5) is 0 Å². The number of benzene rings is 2. The van der Waals surface area contributed by atoms with E-state index in [1.54, 1.807) is 0 Å². The third-order valence-electron chi connectivity index (χ3n) is 2.62. The van der Waals surface area contributed by atoms with E-state index in [0.29, 0.717) is 0 Å². The molecule has 2 N–H and O–H groups in total. The second-order valence-corrected chi connectivity index (χ2v) is 3.40. The molecule has 0 saturated carbocycles. The largest absolute Gasteiger partial charge is 4.00 e. The molecule has 3 rings (SSSR count). The Hall–Kier alpha value is -0.886. The number of fused-ring (bicyclic) bond motifs is 3. The molecule has 0 radical (unpaired) electrons. The molecule has 1 aliphatic carbocycles. The third kappa shape index (κ3) is 3.07. The molecule has 0 heterocycles. The van der Waals surface area contributed by atoms with Crippen molar-refractivity contribution < 1.29 is 21.7 Å². The van der Waals surface area contributed by atoms with Crippen molar-refractivity contribution in [3.63, 3.8) is 0 Å². The maximum atomic E-state index is 3.30. The molecule has 2 aromatic rings. The van der Waals surface area contributed by atoms with Gasteiger partial charge in [0.15, 0.2) is 0 Å². The Morgan fingerprint density at radius 3 is 2.29 bits per heavy atom. The molecule has 86 valence electrons. The van der Waals surface area contributed by atoms with Crippen molar-refractivity contribution in [1.29, 1.82) is 0 Å². The van der Waals surface area contributed by atoms with E-state index in [1.165, 1.54) is 22.3 Å². The predicted molar refractivity (Wildman–Crippen MR) is 71.6 cm³/mol. The van der Waals surface area contributed by atoms with Crippen LogP contribution in [0, 0.1) is 20.9 Å². The second kappa shape index (κ2) is 7.44. The molecule has 0 amide bonds. The zero-order valence-electron chi connectivity index (χ0n) is 10.3. The summed E-state index contributed by atoms with van der Waals surface area (Å²) in [6.45, 7) is 0. The molecular formula is C15H17NTi. The molecule has 2 aromatic carbocycles. The van der Waals surface area contributed by atoms with E-state index < -0.39 is 0 Å². The SMILES string of the molecule is [CH3-].[CH3-].[NH2-].[Ti+4].[c-]1cccc2c1Cc1ccccc1-2. The van der Waals surface area contributed by atoms with Crippen LogP contribution < -0.4 is 0 Å². The van der Waals surface area contributed by atoms with Crippen molar-refractivity contribution in [3.05, 3.63) is 80.7 Å². The van der Waals surface area contributed by atoms with Crippen LogP contribution in [-0.4, -0.2) is 0 Å². The van der Waals surface area contributed by atoms with Crippen LogP contribution in [0.3, 0.4) is 0 Å². The van der Waals surface area contributed by atoms with E-state index in [9.17, 15) is 0 Å². The van der Waals surface area contributed by atoms with Gasteiger partial charge in [-0.25, -0.2) is 0 Å². The molecule has 0 saturated heterocycles. The maximum absolute atomic E-state index is 3.30. The molecule has 0 spiro atoms. The standard InChI is InChI=1S/C13H9.2CH3.H2N.Ti/c1-3-7-12-10(5-1)9-11-6-2-4-8-13(11)12;;;;/h1-5,7-8H,9H2;2*1H3;1H2;/q4*-1;+4. The monoisotopic (exact) mass is 259 g/mol. The number of hydrogen-bond donors (Lipinski definition) is 0. The smallest absolute Gasteiger partial charge is 0.693 e. The Kier molecular flexibility index (Phi) is 8.09. The number of hydrogen-bond acceptors (Lipinski definition) is 0. The minimum atomic E-state index is 0. The summed E-state index contributed by atoms with van der Waals surface area (Å²) in [5, 5.41) is 0. The number of rotatable bonds is 0. The molecule has 1 nitrogen and oxygen atoms in total. The molecule has 0 atom stereocenters. The second-order valence-electron chi connectivity index (χ2n) is 3.40. The van der Waals surface area contributed by atoms with Crippen LogP contribution in [0.25, 0.3) is 17.3 Å². The maximum Gasteiger partial charge on any atom is 4.00 e. The van der Waals surface area contributed by atoms with Gasteiger partial charge in [-0.3, -0.25) is 0 Å². The summed E-state index contributed by atoms with van der Waals surface area (Å²) in [6.07, 6.45) is 1.05. The van der Waals surface area contributed by atoms with Crippen LogP contribution in [0.15, 0.2) is 42.5 Å². The van der Waals surface area contributed by atoms with E-state index >= 15 is 0 Å². The van der Waals surface area contributed by atoms with Gasteiger partial charge in [0.25, 0.3) is 0 Å². The first-order valence-electron chi connectivity index (χ1n) is 4.53. The topological polar surface area (TPSA) is 33.5 Å². The van der Waals surface area contributed by atoms with Gasteiger partial charge in [-0.1, -0.05) is 35.4 Å². The minimum Gasteiger partial charge on any atom is -0.693 e. The van der Waals surface area contributed by atoms with E-state index in [0.717, 1.165) is 6.42 Å². The van der Waals surface area contributed by atoms with Crippen molar-refractivity contribution >= 4 is 0 Å². The molecule has 1 aliphatic rings. The van der Waals surface area contributed by atoms with E-state index in [1.807, 2.05) is 6.07 Å². The summed E-state index contributed by atoms with van der Waals surface area (Å²) in [5.41, 5.74) is 5.51. The summed E-state index contributed by atoms with van der Waals surface area (Å²) in [4.78, 5) is 0. The molecule has 0 bridgehead atoms. The van der Waals surface area contributed by atoms with Gasteiger partial charge in [-0.15, -0.1) is 5.56 Å². The zero-order valence-corrected chi connectivity index (χ0v) is 11.9. The van der Waals surface area contributed by atoms with Gasteiger partial charge in [0.2, 0.25) is 0 Å². The molecular weight excluding hydrogens is 242 g/mol. The Bertz CT molecular complexity index is 422. The third-order valence-corrected chi connectivity index (χ3v) is 2.62. The van der Waals surface area contributed by atoms with Gasteiger partial charge in [-0.05, 0) is 6.42 Å². The fraction of sp³-hybridized carbons (Fsp3) is 0.0667. The summed E-state index contributed by atoms with van der Waals surface area (Å²) in [5.74, 6) is 0. The summed E-state index contributed by atoms with van der Waals surface area (Å²) in [7, 11) is 0. The van der Waals surface area contributed by atoms with Crippen molar-refractivity contribution in [2.75, 3.05) is 0 Å². The van der Waals surface area contributed by atoms with Crippen molar-refractivity contribution in [2.45, 2.75) is 6.42 Å². The molecule has 0 aliphatic heterocycles. The van der Waals surface area contributed by atoms with Gasteiger partial charge < -0.3 is 21.0 Å². The average molecular weight is 259 g/mol. The van der Waals surface area contributed by atoms with Crippen molar-refractivity contribution in [3.8, 4) is 11.1 Å². The van der Waals surface area contributed by atoms with E-state index in [4.69, 9.17) is 0 Å². The van der Waals surface area contributed by atoms with Crippen LogP contribution in [0.5, 0.6) is 0 Å². The minimum absolute atomic E-state index is 0. The number of nitrogens with two attached hydrogens (primary N) is 1. The van der Waals surface area contributed by atoms with Gasteiger partial charge in [0.05, 0.1) is 0 Å². The normalized spacial score (nSPS) is 9.41. The molecule has 0 unspecified atom stereocenters. The van der Waals surface area contributed by atoms with Crippen molar-refractivity contribution in [2.24, 2.45) is 0 Å². The van der Waals surface area contributed by atoms with E-state index in [-0.39, 0.29) is 42.7 Å². The average Bonchev–Trinajstić information content (AvgIpc) is 2.56. The Balaban J connectivity index is 0. The Morgan fingerprint density at radius 1 is 0.882 bits per heavy atom. The van der Waals surface area contributed by atoms with Crippen LogP contribution in [0.2, 0.25) is 0 Å². The zero-order chi connectivity index (χ0) is 8.67. The Morgan fingerprint density at radius 2 is 1.53 bits per heavy atom. The first-order valence-corrected chi connectivity index (χ1v) is 4.53. The fourth-order valence-corrected chi connectivity index (χ4v) is 2.00. The van der Waals surface area contributed by atoms with Crippen LogP contribution in [0.1, 0.15) is 11.1 Å². The van der Waals surface area contributed by atoms with E-state index in [2.05, 4.69) is 42.5 Å². The van der Waals surface area contributed by atoms with Gasteiger partial charge in [0, 0.05) is 0 Å². The van der Waals surface area contributed by atoms with Crippen LogP contribution in [-0.2, 0) is 28.1 Å². The first-order chi connectivity index (χ1) is 6.45. The molecule has 2 heteroatoms. The quantitative estimate of drug-likeness (QED) is 0.415. The van der Waals surface area contributed by atoms with Gasteiger partial charge >= 0.3 is 21.7 Å². The first kappa shape index (κ1) is 18.5. The summed E-state index contributed by atoms with van der Waals surface area (Å²) in [6, 6.07) is 18.1.